The summed E-state index contributed by atoms with van der Waals surface area (Å²) in [6, 6.07) is 36.8. The molecule has 6 aromatic rings. The molecule has 0 atom stereocenters. The van der Waals surface area contributed by atoms with E-state index < -0.39 is 0 Å². The highest BCUT2D eigenvalue weighted by Gasteiger charge is 2.21. The van der Waals surface area contributed by atoms with Crippen LogP contribution >= 0.6 is 0 Å². The molecule has 0 saturated heterocycles. The van der Waals surface area contributed by atoms with Crippen molar-refractivity contribution in [2.24, 2.45) is 4.99 Å². The first-order valence-corrected chi connectivity index (χ1v) is 17.5. The summed E-state index contributed by atoms with van der Waals surface area (Å²) in [4.78, 5) is 7.41. The Morgan fingerprint density at radius 1 is 0.784 bits per heavy atom. The molecule has 0 spiro atoms. The number of ether oxygens (including phenoxy) is 1. The van der Waals surface area contributed by atoms with Gasteiger partial charge in [-0.1, -0.05) is 121 Å². The molecule has 1 aliphatic carbocycles. The quantitative estimate of drug-likeness (QED) is 0.0734. The summed E-state index contributed by atoms with van der Waals surface area (Å²) in [6.45, 7) is 9.00. The van der Waals surface area contributed by atoms with Crippen LogP contribution in [0.1, 0.15) is 30.0 Å². The van der Waals surface area contributed by atoms with E-state index in [1.807, 2.05) is 12.2 Å². The predicted molar refractivity (Wildman–Crippen MR) is 218 cm³/mol. The van der Waals surface area contributed by atoms with Gasteiger partial charge in [-0.05, 0) is 65.2 Å². The molecule has 0 saturated carbocycles. The van der Waals surface area contributed by atoms with Crippen molar-refractivity contribution in [3.8, 4) is 11.5 Å². The normalized spacial score (nSPS) is 14.3. The second-order valence-electron chi connectivity index (χ2n) is 12.9. The van der Waals surface area contributed by atoms with E-state index in [4.69, 9.17) is 9.73 Å². The number of aromatic nitrogens is 1. The van der Waals surface area contributed by atoms with E-state index in [9.17, 15) is 0 Å². The van der Waals surface area contributed by atoms with Gasteiger partial charge in [0.25, 0.3) is 0 Å². The third-order valence-electron chi connectivity index (χ3n) is 9.46. The lowest BCUT2D eigenvalue weighted by molar-refractivity contribution is 0.462. The van der Waals surface area contributed by atoms with Crippen molar-refractivity contribution in [1.82, 2.24) is 9.47 Å². The van der Waals surface area contributed by atoms with Gasteiger partial charge in [0.15, 0.2) is 0 Å². The lowest BCUT2D eigenvalue weighted by atomic mass is 9.96. The van der Waals surface area contributed by atoms with Crippen LogP contribution in [-0.4, -0.2) is 28.4 Å². The molecule has 0 bridgehead atoms. The van der Waals surface area contributed by atoms with Gasteiger partial charge in [-0.3, -0.25) is 4.99 Å². The minimum Gasteiger partial charge on any atom is -0.457 e. The van der Waals surface area contributed by atoms with Crippen molar-refractivity contribution < 1.29 is 4.74 Å². The summed E-state index contributed by atoms with van der Waals surface area (Å²) < 4.78 is 8.95. The predicted octanol–water partition coefficient (Wildman–Crippen LogP) is 11.8. The van der Waals surface area contributed by atoms with E-state index in [0.29, 0.717) is 0 Å². The van der Waals surface area contributed by atoms with Crippen LogP contribution in [0.3, 0.4) is 0 Å². The molecule has 4 heteroatoms. The van der Waals surface area contributed by atoms with Crippen molar-refractivity contribution in [2.45, 2.75) is 32.4 Å². The van der Waals surface area contributed by atoms with E-state index in [1.165, 1.54) is 49.3 Å². The summed E-state index contributed by atoms with van der Waals surface area (Å²) in [7, 11) is 2.13. The number of aliphatic imine (C=N–C) groups is 1. The molecule has 0 N–H and O–H groups in total. The number of nitrogens with zero attached hydrogens (tertiary/aromatic N) is 3. The number of para-hydroxylation sites is 1. The average Bonchev–Trinajstić information content (AvgIpc) is 3.27. The molecule has 0 fully saturated rings. The van der Waals surface area contributed by atoms with Crippen molar-refractivity contribution in [2.75, 3.05) is 7.05 Å². The molecular weight excluding hydrogens is 623 g/mol. The molecule has 51 heavy (non-hydrogen) atoms. The average molecular weight is 666 g/mol. The highest BCUT2D eigenvalue weighted by Crippen LogP contribution is 2.43. The van der Waals surface area contributed by atoms with Crippen LogP contribution in [0.25, 0.3) is 38.3 Å². The molecule has 0 amide bonds. The Balaban J connectivity index is 0.00000200. The summed E-state index contributed by atoms with van der Waals surface area (Å²) in [5.74, 6) is 2.94. The van der Waals surface area contributed by atoms with Gasteiger partial charge in [0, 0.05) is 48.5 Å². The third kappa shape index (κ3) is 7.13. The van der Waals surface area contributed by atoms with Crippen molar-refractivity contribution in [3.05, 3.63) is 188 Å². The number of fused-ring (bicyclic) bond motifs is 6. The molecule has 8 rings (SSSR count). The second-order valence-corrected chi connectivity index (χ2v) is 12.9. The SMILES string of the molecule is C/C(=C\C=C/CC(=NC1C=CC=CC=C1)N(C)Cc1ccccc1)n1c2ccccc2c2cc3c(cc21)Cc1cc2ccccc2cc1O3.C=C. The van der Waals surface area contributed by atoms with E-state index in [2.05, 4.69) is 182 Å². The van der Waals surface area contributed by atoms with Crippen LogP contribution in [0.15, 0.2) is 176 Å². The molecule has 2 heterocycles. The maximum atomic E-state index is 6.57. The van der Waals surface area contributed by atoms with Gasteiger partial charge >= 0.3 is 0 Å². The first-order chi connectivity index (χ1) is 25.1. The highest BCUT2D eigenvalue weighted by molar-refractivity contribution is 6.11. The van der Waals surface area contributed by atoms with Gasteiger partial charge in [0.1, 0.15) is 17.3 Å². The molecule has 0 unspecified atom stereocenters. The fourth-order valence-corrected chi connectivity index (χ4v) is 6.99. The molecule has 5 aromatic carbocycles. The molecule has 2 aliphatic rings. The zero-order chi connectivity index (χ0) is 35.2. The monoisotopic (exact) mass is 665 g/mol. The van der Waals surface area contributed by atoms with Gasteiger partial charge in [0.05, 0.1) is 17.1 Å². The van der Waals surface area contributed by atoms with E-state index in [0.717, 1.165) is 42.4 Å². The Kier molecular flexibility index (Phi) is 9.94. The zero-order valence-corrected chi connectivity index (χ0v) is 29.4. The van der Waals surface area contributed by atoms with Crippen LogP contribution in [-0.2, 0) is 13.0 Å². The largest absolute Gasteiger partial charge is 0.457 e. The lowest BCUT2D eigenvalue weighted by Gasteiger charge is -2.22. The number of benzene rings is 5. The second kappa shape index (κ2) is 15.2. The van der Waals surface area contributed by atoms with Gasteiger partial charge < -0.3 is 14.2 Å². The van der Waals surface area contributed by atoms with Crippen LogP contribution in [0, 0.1) is 0 Å². The maximum Gasteiger partial charge on any atom is 0.131 e. The van der Waals surface area contributed by atoms with Crippen molar-refractivity contribution in [3.63, 3.8) is 0 Å². The lowest BCUT2D eigenvalue weighted by Crippen LogP contribution is -2.27. The number of amidine groups is 1. The summed E-state index contributed by atoms with van der Waals surface area (Å²) in [5.41, 5.74) is 7.24. The Morgan fingerprint density at radius 2 is 1.45 bits per heavy atom. The number of rotatable bonds is 7. The Labute approximate surface area is 301 Å². The van der Waals surface area contributed by atoms with Gasteiger partial charge in [-0.25, -0.2) is 0 Å². The topological polar surface area (TPSA) is 29.8 Å². The Bertz CT molecular complexity index is 2370. The number of hydrogen-bond acceptors (Lipinski definition) is 2. The molecule has 1 aromatic heterocycles. The van der Waals surface area contributed by atoms with Crippen LogP contribution < -0.4 is 4.74 Å². The minimum absolute atomic E-state index is 0.00657. The molecule has 0 radical (unpaired) electrons. The first-order valence-electron chi connectivity index (χ1n) is 17.5. The van der Waals surface area contributed by atoms with Crippen molar-refractivity contribution >= 4 is 44.1 Å². The maximum absolute atomic E-state index is 6.57. The fourth-order valence-electron chi connectivity index (χ4n) is 6.99. The van der Waals surface area contributed by atoms with E-state index in [1.54, 1.807) is 0 Å². The van der Waals surface area contributed by atoms with Crippen LogP contribution in [0.4, 0.5) is 0 Å². The first kappa shape index (κ1) is 33.4. The Morgan fingerprint density at radius 3 is 2.24 bits per heavy atom. The number of hydrogen-bond donors (Lipinski definition) is 0. The smallest absolute Gasteiger partial charge is 0.131 e. The highest BCUT2D eigenvalue weighted by atomic mass is 16.5. The molecular formula is C47H43N3O. The van der Waals surface area contributed by atoms with Gasteiger partial charge in [-0.2, -0.15) is 0 Å². The van der Waals surface area contributed by atoms with E-state index in [-0.39, 0.29) is 6.04 Å². The van der Waals surface area contributed by atoms with Crippen molar-refractivity contribution in [1.29, 1.82) is 0 Å². The standard InChI is InChI=1S/C45H39N3O.C2H4/c1-32(16-10-15-25-45(46-38-21-8-3-4-9-22-38)47(2)31-33-17-6-5-7-18-33)48-41-24-14-13-23-39(41)40-30-44-37(28-42(40)48)27-36-26-34-19-11-12-20-35(34)29-43(36)49-44;1-2/h3-24,26,28-30,38H,25,27,31H2,1-2H3;1-2H2/b15-10-,32-16+,46-45?;. The van der Waals surface area contributed by atoms with Crippen LogP contribution in [0.2, 0.25) is 0 Å². The molecule has 252 valence electrons. The zero-order valence-electron chi connectivity index (χ0n) is 29.4. The summed E-state index contributed by atoms with van der Waals surface area (Å²) in [5, 5.41) is 4.87. The van der Waals surface area contributed by atoms with Crippen LogP contribution in [0.5, 0.6) is 11.5 Å². The summed E-state index contributed by atoms with van der Waals surface area (Å²) in [6.07, 6.45) is 20.7. The minimum atomic E-state index is 0.00657. The Hall–Kier alpha value is -6.13. The number of allylic oxidation sites excluding steroid dienone is 7. The van der Waals surface area contributed by atoms with E-state index >= 15 is 0 Å². The molecule has 4 nitrogen and oxygen atoms in total. The van der Waals surface area contributed by atoms with Gasteiger partial charge in [-0.15, -0.1) is 13.2 Å². The van der Waals surface area contributed by atoms with Gasteiger partial charge in [0.2, 0.25) is 0 Å². The molecule has 1 aliphatic heterocycles. The summed E-state index contributed by atoms with van der Waals surface area (Å²) >= 11 is 0. The third-order valence-corrected chi connectivity index (χ3v) is 9.46. The fraction of sp³-hybridized carbons (Fsp3) is 0.128.